The third-order valence-corrected chi connectivity index (χ3v) is 14.2. The highest BCUT2D eigenvalue weighted by molar-refractivity contribution is 5.71. The monoisotopic (exact) mass is 1100 g/mol. The molecule has 6 nitrogen and oxygen atoms in total. The van der Waals surface area contributed by atoms with Gasteiger partial charge in [0.25, 0.3) is 0 Å². The maximum Gasteiger partial charge on any atom is 0.306 e. The van der Waals surface area contributed by atoms with E-state index in [0.29, 0.717) is 19.3 Å². The fourth-order valence-electron chi connectivity index (χ4n) is 9.30. The van der Waals surface area contributed by atoms with E-state index in [1.54, 1.807) is 0 Å². The zero-order valence-electron chi connectivity index (χ0n) is 51.9. The summed E-state index contributed by atoms with van der Waals surface area (Å²) in [5, 5.41) is 0. The lowest BCUT2D eigenvalue weighted by atomic mass is 10.1. The second-order valence-corrected chi connectivity index (χ2v) is 22.0. The first-order chi connectivity index (χ1) is 39.0. The van der Waals surface area contributed by atoms with Crippen LogP contribution >= 0.6 is 0 Å². The van der Waals surface area contributed by atoms with E-state index in [2.05, 4.69) is 130 Å². The molecule has 452 valence electrons. The first-order valence-electron chi connectivity index (χ1n) is 33.4. The highest BCUT2D eigenvalue weighted by Gasteiger charge is 2.19. The molecule has 0 rings (SSSR count). The van der Waals surface area contributed by atoms with Crippen LogP contribution in [0, 0.1) is 0 Å². The van der Waals surface area contributed by atoms with Gasteiger partial charge in [-0.15, -0.1) is 0 Å². The normalized spacial score (nSPS) is 12.8. The molecule has 0 aromatic rings. The highest BCUT2D eigenvalue weighted by atomic mass is 16.6. The Morgan fingerprint density at radius 2 is 0.494 bits per heavy atom. The second-order valence-electron chi connectivity index (χ2n) is 22.0. The van der Waals surface area contributed by atoms with Gasteiger partial charge in [-0.3, -0.25) is 14.4 Å². The van der Waals surface area contributed by atoms with Crippen LogP contribution < -0.4 is 0 Å². The number of carbonyl (C=O) groups excluding carboxylic acids is 3. The molecule has 79 heavy (non-hydrogen) atoms. The van der Waals surface area contributed by atoms with Crippen molar-refractivity contribution in [3.63, 3.8) is 0 Å². The van der Waals surface area contributed by atoms with Gasteiger partial charge in [-0.1, -0.05) is 284 Å². The zero-order chi connectivity index (χ0) is 57.1. The third-order valence-electron chi connectivity index (χ3n) is 14.2. The predicted molar refractivity (Wildman–Crippen MR) is 343 cm³/mol. The second kappa shape index (κ2) is 66.6. The molecular formula is C73H124O6. The van der Waals surface area contributed by atoms with Crippen LogP contribution in [0.3, 0.4) is 0 Å². The van der Waals surface area contributed by atoms with Crippen molar-refractivity contribution >= 4 is 17.9 Å². The van der Waals surface area contributed by atoms with E-state index in [4.69, 9.17) is 14.2 Å². The number of rotatable bonds is 60. The fourth-order valence-corrected chi connectivity index (χ4v) is 9.30. The van der Waals surface area contributed by atoms with Crippen molar-refractivity contribution in [3.8, 4) is 0 Å². The van der Waals surface area contributed by atoms with E-state index < -0.39 is 6.10 Å². The maximum absolute atomic E-state index is 12.9. The van der Waals surface area contributed by atoms with Crippen LogP contribution in [0.1, 0.15) is 316 Å². The summed E-state index contributed by atoms with van der Waals surface area (Å²) in [6.45, 7) is 6.43. The van der Waals surface area contributed by atoms with Crippen molar-refractivity contribution in [1.82, 2.24) is 0 Å². The van der Waals surface area contributed by atoms with Gasteiger partial charge in [0.15, 0.2) is 6.10 Å². The topological polar surface area (TPSA) is 78.9 Å². The summed E-state index contributed by atoms with van der Waals surface area (Å²) in [5.74, 6) is -0.895. The Morgan fingerprint density at radius 3 is 0.785 bits per heavy atom. The van der Waals surface area contributed by atoms with Gasteiger partial charge < -0.3 is 14.2 Å². The lowest BCUT2D eigenvalue weighted by molar-refractivity contribution is -0.167. The van der Waals surface area contributed by atoms with Crippen LogP contribution in [0.4, 0.5) is 0 Å². The van der Waals surface area contributed by atoms with Gasteiger partial charge in [0, 0.05) is 19.3 Å². The molecule has 0 N–H and O–H groups in total. The van der Waals surface area contributed by atoms with Gasteiger partial charge >= 0.3 is 17.9 Å². The van der Waals surface area contributed by atoms with E-state index in [9.17, 15) is 14.4 Å². The molecule has 0 fully saturated rings. The van der Waals surface area contributed by atoms with Crippen LogP contribution in [0.15, 0.2) is 109 Å². The summed E-state index contributed by atoms with van der Waals surface area (Å²) in [6.07, 6.45) is 90.9. The molecule has 0 aliphatic carbocycles. The van der Waals surface area contributed by atoms with Crippen molar-refractivity contribution in [2.45, 2.75) is 322 Å². The van der Waals surface area contributed by atoms with Crippen molar-refractivity contribution in [2.24, 2.45) is 0 Å². The molecule has 1 atom stereocenters. The number of hydrogen-bond acceptors (Lipinski definition) is 6. The zero-order valence-corrected chi connectivity index (χ0v) is 51.9. The Kier molecular flexibility index (Phi) is 63.3. The summed E-state index contributed by atoms with van der Waals surface area (Å²) in [7, 11) is 0. The van der Waals surface area contributed by atoms with E-state index >= 15 is 0 Å². The van der Waals surface area contributed by atoms with E-state index in [1.165, 1.54) is 154 Å². The summed E-state index contributed by atoms with van der Waals surface area (Å²) in [6, 6.07) is 0. The Hall–Kier alpha value is -3.93. The average Bonchev–Trinajstić information content (AvgIpc) is 3.45. The van der Waals surface area contributed by atoms with Crippen molar-refractivity contribution < 1.29 is 28.6 Å². The van der Waals surface area contributed by atoms with Crippen LogP contribution in [-0.2, 0) is 28.6 Å². The standard InChI is InChI=1S/C73H124O6/c1-4-7-10-13-16-19-22-25-28-31-34-35-36-37-40-42-45-48-51-54-57-60-63-66-72(75)78-69-70(79-73(76)67-64-61-58-55-52-49-46-43-39-33-30-27-24-21-18-15-12-9-6-3)68-77-71(74)65-62-59-56-53-50-47-44-41-38-32-29-26-23-20-17-14-11-8-5-2/h7,9-10,12,16,18-19,21,25-30,34-35,39,43,70H,4-6,8,11,13-15,17,20,22-24,31-33,36-38,40-42,44-69H2,1-3H3/b10-7-,12-9-,19-16-,21-18-,28-25-,29-26-,30-27-,35-34-,43-39-. The van der Waals surface area contributed by atoms with Crippen LogP contribution in [0.2, 0.25) is 0 Å². The van der Waals surface area contributed by atoms with Crippen LogP contribution in [0.5, 0.6) is 0 Å². The number of esters is 3. The fraction of sp³-hybridized carbons (Fsp3) is 0.712. The Morgan fingerprint density at radius 1 is 0.266 bits per heavy atom. The molecule has 0 aliphatic rings. The SMILES string of the molecule is CC/C=C\C/C=C\C/C=C\C/C=C\CCCCCCCCCCCCC(=O)OCC(COC(=O)CCCCCCCCCCC/C=C\CCCCCCCC)OC(=O)CCCCCCCC/C=C\C/C=C\C/C=C\C/C=C\CC. The Balaban J connectivity index is 4.40. The Bertz CT molecular complexity index is 1590. The predicted octanol–water partition coefficient (Wildman–Crippen LogP) is 23.0. The summed E-state index contributed by atoms with van der Waals surface area (Å²) in [5.41, 5.74) is 0. The number of hydrogen-bond donors (Lipinski definition) is 0. The van der Waals surface area contributed by atoms with Crippen molar-refractivity contribution in [2.75, 3.05) is 13.2 Å². The first-order valence-corrected chi connectivity index (χ1v) is 33.4. The number of carbonyl (C=O) groups is 3. The quantitative estimate of drug-likeness (QED) is 0.0261. The lowest BCUT2D eigenvalue weighted by Crippen LogP contribution is -2.30. The summed E-state index contributed by atoms with van der Waals surface area (Å²) in [4.78, 5) is 38.4. The molecule has 0 bridgehead atoms. The molecule has 0 aromatic carbocycles. The van der Waals surface area contributed by atoms with Gasteiger partial charge in [-0.2, -0.15) is 0 Å². The van der Waals surface area contributed by atoms with E-state index in [-0.39, 0.29) is 31.1 Å². The van der Waals surface area contributed by atoms with E-state index in [1.807, 2.05) is 0 Å². The van der Waals surface area contributed by atoms with Crippen LogP contribution in [0.25, 0.3) is 0 Å². The summed E-state index contributed by atoms with van der Waals surface area (Å²) < 4.78 is 17.0. The van der Waals surface area contributed by atoms with Crippen molar-refractivity contribution in [3.05, 3.63) is 109 Å². The molecular weight excluding hydrogens is 973 g/mol. The number of unbranched alkanes of at least 4 members (excludes halogenated alkanes) is 31. The largest absolute Gasteiger partial charge is 0.462 e. The average molecular weight is 1100 g/mol. The van der Waals surface area contributed by atoms with Gasteiger partial charge in [-0.05, 0) is 122 Å². The molecule has 0 aromatic heterocycles. The molecule has 0 saturated heterocycles. The van der Waals surface area contributed by atoms with Gasteiger partial charge in [-0.25, -0.2) is 0 Å². The number of allylic oxidation sites excluding steroid dienone is 18. The molecule has 0 heterocycles. The molecule has 0 amide bonds. The Labute approximate surface area is 489 Å². The molecule has 0 spiro atoms. The van der Waals surface area contributed by atoms with Gasteiger partial charge in [0.2, 0.25) is 0 Å². The smallest absolute Gasteiger partial charge is 0.306 e. The number of ether oxygens (including phenoxy) is 3. The van der Waals surface area contributed by atoms with Crippen molar-refractivity contribution in [1.29, 1.82) is 0 Å². The minimum atomic E-state index is -0.792. The molecule has 1 unspecified atom stereocenters. The molecule has 0 aliphatic heterocycles. The molecule has 0 radical (unpaired) electrons. The first kappa shape index (κ1) is 75.1. The minimum absolute atomic E-state index is 0.0860. The van der Waals surface area contributed by atoms with Crippen LogP contribution in [-0.4, -0.2) is 37.2 Å². The highest BCUT2D eigenvalue weighted by Crippen LogP contribution is 2.16. The summed E-state index contributed by atoms with van der Waals surface area (Å²) >= 11 is 0. The van der Waals surface area contributed by atoms with Gasteiger partial charge in [0.1, 0.15) is 13.2 Å². The van der Waals surface area contributed by atoms with Gasteiger partial charge in [0.05, 0.1) is 0 Å². The third kappa shape index (κ3) is 64.8. The van der Waals surface area contributed by atoms with E-state index in [0.717, 1.165) is 122 Å². The lowest BCUT2D eigenvalue weighted by Gasteiger charge is -2.18. The molecule has 6 heteroatoms. The molecule has 0 saturated carbocycles. The minimum Gasteiger partial charge on any atom is -0.462 e. The maximum atomic E-state index is 12.9.